The summed E-state index contributed by atoms with van der Waals surface area (Å²) in [6.07, 6.45) is 2.49. The summed E-state index contributed by atoms with van der Waals surface area (Å²) in [5.74, 6) is -0.635. The number of Topliss-reactive ketones (excluding diaryl/α,β-unsaturated/α-hetero) is 1. The Balaban J connectivity index is 1.34. The lowest BCUT2D eigenvalue weighted by atomic mass is 10.1. The van der Waals surface area contributed by atoms with Gasteiger partial charge in [-0.25, -0.2) is 13.5 Å². The van der Waals surface area contributed by atoms with Gasteiger partial charge in [0, 0.05) is 34.6 Å². The van der Waals surface area contributed by atoms with Gasteiger partial charge in [0.05, 0.1) is 25.3 Å². The smallest absolute Gasteiger partial charge is 0.242 e. The molecule has 1 saturated heterocycles. The molecule has 5 rings (SSSR count). The van der Waals surface area contributed by atoms with Crippen LogP contribution >= 0.6 is 0 Å². The SMILES string of the molecule is CC(=O)c1cn(CC(=O)N2CC(F)CC2Cn2cc(-c3ccc(F)cc3)nn2)c2ccccc12. The van der Waals surface area contributed by atoms with Crippen LogP contribution < -0.4 is 0 Å². The number of carbonyl (C=O) groups excluding carboxylic acids is 2. The number of para-hydroxylation sites is 1. The van der Waals surface area contributed by atoms with E-state index in [9.17, 15) is 18.4 Å². The Morgan fingerprint density at radius 2 is 1.85 bits per heavy atom. The third-order valence-electron chi connectivity index (χ3n) is 6.23. The van der Waals surface area contributed by atoms with Crippen LogP contribution in [0.1, 0.15) is 23.7 Å². The van der Waals surface area contributed by atoms with Crippen LogP contribution in [-0.4, -0.2) is 54.9 Å². The van der Waals surface area contributed by atoms with Gasteiger partial charge in [-0.15, -0.1) is 5.10 Å². The summed E-state index contributed by atoms with van der Waals surface area (Å²) in [7, 11) is 0. The van der Waals surface area contributed by atoms with Crippen molar-refractivity contribution in [2.45, 2.75) is 38.6 Å². The minimum absolute atomic E-state index is 0.00913. The molecule has 3 heterocycles. The van der Waals surface area contributed by atoms with Gasteiger partial charge in [-0.2, -0.15) is 0 Å². The van der Waals surface area contributed by atoms with Gasteiger partial charge >= 0.3 is 0 Å². The zero-order valence-corrected chi connectivity index (χ0v) is 18.6. The van der Waals surface area contributed by atoms with E-state index in [0.717, 1.165) is 16.5 Å². The highest BCUT2D eigenvalue weighted by Gasteiger charge is 2.36. The maximum Gasteiger partial charge on any atom is 0.242 e. The van der Waals surface area contributed by atoms with Gasteiger partial charge in [0.25, 0.3) is 0 Å². The highest BCUT2D eigenvalue weighted by molar-refractivity contribution is 6.07. The Kier molecular flexibility index (Phi) is 5.69. The fourth-order valence-corrected chi connectivity index (χ4v) is 4.59. The van der Waals surface area contributed by atoms with Crippen molar-refractivity contribution in [1.29, 1.82) is 0 Å². The van der Waals surface area contributed by atoms with Crippen molar-refractivity contribution in [2.75, 3.05) is 6.54 Å². The molecule has 2 aromatic carbocycles. The quantitative estimate of drug-likeness (QED) is 0.407. The van der Waals surface area contributed by atoms with Gasteiger partial charge in [-0.05, 0) is 37.3 Å². The van der Waals surface area contributed by atoms with Crippen LogP contribution in [0.3, 0.4) is 0 Å². The number of rotatable bonds is 6. The zero-order chi connectivity index (χ0) is 23.8. The number of fused-ring (bicyclic) bond motifs is 1. The van der Waals surface area contributed by atoms with Gasteiger partial charge in [-0.3, -0.25) is 9.59 Å². The molecule has 0 spiro atoms. The van der Waals surface area contributed by atoms with Crippen molar-refractivity contribution >= 4 is 22.6 Å². The number of carbonyl (C=O) groups is 2. The fraction of sp³-hybridized carbons (Fsp3) is 0.280. The maximum absolute atomic E-state index is 14.4. The molecule has 0 radical (unpaired) electrons. The summed E-state index contributed by atoms with van der Waals surface area (Å²) < 4.78 is 30.9. The van der Waals surface area contributed by atoms with E-state index in [1.54, 1.807) is 38.7 Å². The summed E-state index contributed by atoms with van der Waals surface area (Å²) in [4.78, 5) is 26.8. The second-order valence-corrected chi connectivity index (χ2v) is 8.61. The second kappa shape index (κ2) is 8.81. The number of alkyl halides is 1. The number of aromatic nitrogens is 4. The molecular formula is C25H23F2N5O2. The van der Waals surface area contributed by atoms with E-state index in [-0.39, 0.29) is 43.1 Å². The second-order valence-electron chi connectivity index (χ2n) is 8.61. The van der Waals surface area contributed by atoms with Crippen LogP contribution in [0.25, 0.3) is 22.2 Å². The van der Waals surface area contributed by atoms with Crippen LogP contribution in [0.5, 0.6) is 0 Å². The lowest BCUT2D eigenvalue weighted by Gasteiger charge is -2.24. The highest BCUT2D eigenvalue weighted by atomic mass is 19.1. The summed E-state index contributed by atoms with van der Waals surface area (Å²) in [6.45, 7) is 1.82. The molecule has 2 aromatic heterocycles. The summed E-state index contributed by atoms with van der Waals surface area (Å²) in [5, 5.41) is 9.03. The van der Waals surface area contributed by atoms with Crippen LogP contribution in [0.4, 0.5) is 8.78 Å². The first-order chi connectivity index (χ1) is 16.4. The van der Waals surface area contributed by atoms with Crippen molar-refractivity contribution in [3.05, 3.63) is 72.3 Å². The van der Waals surface area contributed by atoms with Crippen molar-refractivity contribution in [3.63, 3.8) is 0 Å². The molecule has 174 valence electrons. The lowest BCUT2D eigenvalue weighted by molar-refractivity contribution is -0.133. The van der Waals surface area contributed by atoms with Crippen molar-refractivity contribution in [3.8, 4) is 11.3 Å². The molecule has 1 aliphatic heterocycles. The molecule has 2 atom stereocenters. The molecule has 7 nitrogen and oxygen atoms in total. The monoisotopic (exact) mass is 463 g/mol. The zero-order valence-electron chi connectivity index (χ0n) is 18.6. The fourth-order valence-electron chi connectivity index (χ4n) is 4.59. The standard InChI is InChI=1S/C25H23F2N5O2/c1-16(33)22-13-30(24-5-3-2-4-21(22)24)15-25(34)32-11-19(27)10-20(32)12-31-14-23(28-29-31)17-6-8-18(26)9-7-17/h2-9,13-14,19-20H,10-12,15H2,1H3. The van der Waals surface area contributed by atoms with E-state index in [1.165, 1.54) is 19.1 Å². The topological polar surface area (TPSA) is 73.0 Å². The Labute approximate surface area is 194 Å². The Bertz CT molecular complexity index is 1360. The molecular weight excluding hydrogens is 440 g/mol. The number of likely N-dealkylation sites (tertiary alicyclic amines) is 1. The van der Waals surface area contributed by atoms with Gasteiger partial charge in [0.1, 0.15) is 24.2 Å². The van der Waals surface area contributed by atoms with Gasteiger partial charge < -0.3 is 9.47 Å². The minimum Gasteiger partial charge on any atom is -0.337 e. The molecule has 9 heteroatoms. The first kappa shape index (κ1) is 21.9. The first-order valence-corrected chi connectivity index (χ1v) is 11.1. The maximum atomic E-state index is 14.4. The van der Waals surface area contributed by atoms with Crippen LogP contribution in [0.15, 0.2) is 60.9 Å². The molecule has 1 fully saturated rings. The Morgan fingerprint density at radius 1 is 1.09 bits per heavy atom. The van der Waals surface area contributed by atoms with E-state index >= 15 is 0 Å². The van der Waals surface area contributed by atoms with Crippen LogP contribution in [0, 0.1) is 5.82 Å². The molecule has 4 aromatic rings. The number of nitrogens with zero attached hydrogens (tertiary/aromatic N) is 5. The van der Waals surface area contributed by atoms with E-state index in [1.807, 2.05) is 24.3 Å². The first-order valence-electron chi connectivity index (χ1n) is 11.1. The highest BCUT2D eigenvalue weighted by Crippen LogP contribution is 2.26. The summed E-state index contributed by atoms with van der Waals surface area (Å²) in [6, 6.07) is 13.0. The van der Waals surface area contributed by atoms with Crippen molar-refractivity contribution < 1.29 is 18.4 Å². The lowest BCUT2D eigenvalue weighted by Crippen LogP contribution is -2.40. The number of benzene rings is 2. The van der Waals surface area contributed by atoms with Crippen LogP contribution in [0.2, 0.25) is 0 Å². The van der Waals surface area contributed by atoms with Gasteiger partial charge in [0.15, 0.2) is 5.78 Å². The summed E-state index contributed by atoms with van der Waals surface area (Å²) in [5.41, 5.74) is 2.63. The molecule has 1 aliphatic rings. The predicted octanol–water partition coefficient (Wildman–Crippen LogP) is 3.88. The average Bonchev–Trinajstić information content (AvgIpc) is 3.52. The van der Waals surface area contributed by atoms with Gasteiger partial charge in [0.2, 0.25) is 5.91 Å². The third kappa shape index (κ3) is 4.21. The Morgan fingerprint density at radius 3 is 2.62 bits per heavy atom. The molecule has 2 unspecified atom stereocenters. The average molecular weight is 463 g/mol. The molecule has 34 heavy (non-hydrogen) atoms. The summed E-state index contributed by atoms with van der Waals surface area (Å²) >= 11 is 0. The number of amides is 1. The van der Waals surface area contributed by atoms with Crippen LogP contribution in [-0.2, 0) is 17.9 Å². The van der Waals surface area contributed by atoms with E-state index in [4.69, 9.17) is 0 Å². The van der Waals surface area contributed by atoms with Crippen molar-refractivity contribution in [1.82, 2.24) is 24.5 Å². The van der Waals surface area contributed by atoms with Crippen molar-refractivity contribution in [2.24, 2.45) is 0 Å². The molecule has 0 aliphatic carbocycles. The van der Waals surface area contributed by atoms with E-state index in [0.29, 0.717) is 17.8 Å². The van der Waals surface area contributed by atoms with E-state index < -0.39 is 6.17 Å². The van der Waals surface area contributed by atoms with Gasteiger partial charge in [-0.1, -0.05) is 23.4 Å². The molecule has 0 saturated carbocycles. The molecule has 0 bridgehead atoms. The largest absolute Gasteiger partial charge is 0.337 e. The number of hydrogen-bond donors (Lipinski definition) is 0. The number of halogens is 2. The van der Waals surface area contributed by atoms with E-state index in [2.05, 4.69) is 10.3 Å². The predicted molar refractivity (Wildman–Crippen MR) is 122 cm³/mol. The number of ketones is 1. The molecule has 0 N–H and O–H groups in total. The Hall–Kier alpha value is -3.88. The third-order valence-corrected chi connectivity index (χ3v) is 6.23. The molecule has 1 amide bonds. The normalized spacial score (nSPS) is 18.0. The number of hydrogen-bond acceptors (Lipinski definition) is 4. The minimum atomic E-state index is -1.12.